The molecule has 1 aromatic carbocycles. The molecule has 2 bridgehead atoms. The van der Waals surface area contributed by atoms with Gasteiger partial charge in [-0.05, 0) is 43.0 Å². The first-order valence-corrected chi connectivity index (χ1v) is 6.73. The lowest BCUT2D eigenvalue weighted by atomic mass is 9.38. The first-order valence-electron chi connectivity index (χ1n) is 6.35. The number of carbonyl (C=O) groups excluding carboxylic acids is 1. The van der Waals surface area contributed by atoms with Gasteiger partial charge in [0.15, 0.2) is 0 Å². The number of anilines is 1. The number of carbonyl (C=O) groups is 1. The van der Waals surface area contributed by atoms with Crippen LogP contribution in [0, 0.1) is 0 Å². The van der Waals surface area contributed by atoms with E-state index < -0.39 is 0 Å². The number of rotatable bonds is 3. The highest BCUT2D eigenvalue weighted by Crippen LogP contribution is 2.67. The van der Waals surface area contributed by atoms with E-state index in [1.807, 2.05) is 25.1 Å². The van der Waals surface area contributed by atoms with Gasteiger partial charge in [-0.1, -0.05) is 18.5 Å². The molecular formula is C14H17ClN2O. The van der Waals surface area contributed by atoms with E-state index in [9.17, 15) is 4.79 Å². The van der Waals surface area contributed by atoms with Crippen LogP contribution < -0.4 is 11.1 Å². The van der Waals surface area contributed by atoms with Gasteiger partial charge in [0.2, 0.25) is 5.91 Å². The summed E-state index contributed by atoms with van der Waals surface area (Å²) < 4.78 is 0. The van der Waals surface area contributed by atoms with Crippen molar-refractivity contribution in [3.63, 3.8) is 0 Å². The van der Waals surface area contributed by atoms with Gasteiger partial charge in [0, 0.05) is 28.1 Å². The second-order valence-electron chi connectivity index (χ2n) is 5.76. The topological polar surface area (TPSA) is 55.1 Å². The van der Waals surface area contributed by atoms with Gasteiger partial charge in [-0.3, -0.25) is 4.79 Å². The van der Waals surface area contributed by atoms with Crippen LogP contribution >= 0.6 is 11.6 Å². The summed E-state index contributed by atoms with van der Waals surface area (Å²) in [7, 11) is 0. The SMILES string of the molecule is CCC(=O)Nc1ccc(Cl)cc1C12CC(N)(C1)C2. The van der Waals surface area contributed by atoms with Gasteiger partial charge in [0.1, 0.15) is 0 Å². The van der Waals surface area contributed by atoms with Crippen LogP contribution in [0.25, 0.3) is 0 Å². The normalized spacial score (nSPS) is 32.4. The van der Waals surface area contributed by atoms with Gasteiger partial charge >= 0.3 is 0 Å². The molecule has 3 saturated carbocycles. The minimum absolute atomic E-state index is 0.0348. The van der Waals surface area contributed by atoms with E-state index in [-0.39, 0.29) is 16.9 Å². The lowest BCUT2D eigenvalue weighted by Crippen LogP contribution is -2.74. The van der Waals surface area contributed by atoms with Crippen molar-refractivity contribution in [2.75, 3.05) is 5.32 Å². The smallest absolute Gasteiger partial charge is 0.224 e. The van der Waals surface area contributed by atoms with Crippen molar-refractivity contribution in [3.05, 3.63) is 28.8 Å². The van der Waals surface area contributed by atoms with Crippen molar-refractivity contribution in [1.29, 1.82) is 0 Å². The molecule has 0 unspecified atom stereocenters. The minimum atomic E-state index is 0.0348. The number of benzene rings is 1. The number of amides is 1. The van der Waals surface area contributed by atoms with Gasteiger partial charge in [0.05, 0.1) is 0 Å². The highest BCUT2D eigenvalue weighted by molar-refractivity contribution is 6.30. The second-order valence-corrected chi connectivity index (χ2v) is 6.20. The third-order valence-corrected chi connectivity index (χ3v) is 4.45. The molecule has 18 heavy (non-hydrogen) atoms. The third-order valence-electron chi connectivity index (χ3n) is 4.22. The van der Waals surface area contributed by atoms with E-state index in [0.717, 1.165) is 35.5 Å². The highest BCUT2D eigenvalue weighted by Gasteiger charge is 2.66. The Kier molecular flexibility index (Phi) is 2.48. The van der Waals surface area contributed by atoms with Crippen LogP contribution in [0.2, 0.25) is 5.02 Å². The largest absolute Gasteiger partial charge is 0.326 e. The Labute approximate surface area is 112 Å². The minimum Gasteiger partial charge on any atom is -0.326 e. The summed E-state index contributed by atoms with van der Waals surface area (Å²) in [6.07, 6.45) is 3.51. The van der Waals surface area contributed by atoms with Crippen molar-refractivity contribution < 1.29 is 4.79 Å². The van der Waals surface area contributed by atoms with Gasteiger partial charge < -0.3 is 11.1 Å². The Morgan fingerprint density at radius 3 is 2.67 bits per heavy atom. The molecule has 0 radical (unpaired) electrons. The van der Waals surface area contributed by atoms with Crippen LogP contribution in [-0.4, -0.2) is 11.4 Å². The molecule has 96 valence electrons. The summed E-state index contributed by atoms with van der Waals surface area (Å²) in [5.74, 6) is 0.0348. The summed E-state index contributed by atoms with van der Waals surface area (Å²) >= 11 is 6.08. The molecule has 3 fully saturated rings. The maximum absolute atomic E-state index is 11.6. The average Bonchev–Trinajstić information content (AvgIpc) is 2.26. The van der Waals surface area contributed by atoms with E-state index in [4.69, 9.17) is 17.3 Å². The molecule has 1 amide bonds. The number of hydrogen-bond donors (Lipinski definition) is 2. The van der Waals surface area contributed by atoms with Crippen LogP contribution in [0.15, 0.2) is 18.2 Å². The summed E-state index contributed by atoms with van der Waals surface area (Å²) in [6.45, 7) is 1.85. The van der Waals surface area contributed by atoms with Gasteiger partial charge in [-0.2, -0.15) is 0 Å². The molecule has 0 aromatic heterocycles. The van der Waals surface area contributed by atoms with Crippen LogP contribution in [-0.2, 0) is 10.2 Å². The number of halogens is 1. The highest BCUT2D eigenvalue weighted by atomic mass is 35.5. The van der Waals surface area contributed by atoms with E-state index >= 15 is 0 Å². The Morgan fingerprint density at radius 1 is 1.44 bits per heavy atom. The molecule has 0 aliphatic heterocycles. The maximum atomic E-state index is 11.6. The van der Waals surface area contributed by atoms with Crippen molar-refractivity contribution in [2.45, 2.75) is 43.6 Å². The van der Waals surface area contributed by atoms with Crippen molar-refractivity contribution >= 4 is 23.2 Å². The molecule has 0 atom stereocenters. The quantitative estimate of drug-likeness (QED) is 0.882. The maximum Gasteiger partial charge on any atom is 0.224 e. The Bertz CT molecular complexity index is 507. The number of nitrogens with two attached hydrogens (primary N) is 1. The van der Waals surface area contributed by atoms with Crippen LogP contribution in [0.4, 0.5) is 5.69 Å². The van der Waals surface area contributed by atoms with E-state index in [2.05, 4.69) is 5.32 Å². The fraction of sp³-hybridized carbons (Fsp3) is 0.500. The molecule has 3 nitrogen and oxygen atoms in total. The zero-order valence-corrected chi connectivity index (χ0v) is 11.2. The van der Waals surface area contributed by atoms with Crippen LogP contribution in [0.3, 0.4) is 0 Å². The monoisotopic (exact) mass is 264 g/mol. The first-order chi connectivity index (χ1) is 8.46. The van der Waals surface area contributed by atoms with Crippen molar-refractivity contribution in [3.8, 4) is 0 Å². The van der Waals surface area contributed by atoms with E-state index in [1.54, 1.807) is 0 Å². The fourth-order valence-electron chi connectivity index (χ4n) is 3.45. The number of hydrogen-bond acceptors (Lipinski definition) is 2. The molecule has 3 N–H and O–H groups in total. The summed E-state index contributed by atoms with van der Waals surface area (Å²) in [5, 5.41) is 3.68. The Balaban J connectivity index is 1.92. The van der Waals surface area contributed by atoms with E-state index in [1.165, 1.54) is 0 Å². The zero-order chi connectivity index (χ0) is 13.0. The lowest BCUT2D eigenvalue weighted by Gasteiger charge is -2.69. The van der Waals surface area contributed by atoms with E-state index in [0.29, 0.717) is 6.42 Å². The average molecular weight is 265 g/mol. The molecular weight excluding hydrogens is 248 g/mol. The summed E-state index contributed by atoms with van der Waals surface area (Å²) in [6, 6.07) is 5.69. The third kappa shape index (κ3) is 1.65. The lowest BCUT2D eigenvalue weighted by molar-refractivity contribution is -0.115. The van der Waals surface area contributed by atoms with Crippen LogP contribution in [0.5, 0.6) is 0 Å². The molecule has 4 rings (SSSR count). The zero-order valence-electron chi connectivity index (χ0n) is 10.4. The van der Waals surface area contributed by atoms with Gasteiger partial charge in [-0.15, -0.1) is 0 Å². The second kappa shape index (κ2) is 3.72. The molecule has 0 heterocycles. The van der Waals surface area contributed by atoms with Crippen molar-refractivity contribution in [1.82, 2.24) is 0 Å². The molecule has 4 heteroatoms. The first kappa shape index (κ1) is 12.0. The number of nitrogens with one attached hydrogen (secondary N) is 1. The Morgan fingerprint density at radius 2 is 2.11 bits per heavy atom. The predicted molar refractivity (Wildman–Crippen MR) is 72.8 cm³/mol. The summed E-state index contributed by atoms with van der Waals surface area (Å²) in [4.78, 5) is 11.6. The molecule has 0 saturated heterocycles. The standard InChI is InChI=1S/C14H17ClN2O/c1-2-12(18)17-11-4-3-9(15)5-10(11)13-6-14(16,7-13)8-13/h3-5H,2,6-8,16H2,1H3,(H,17,18). The molecule has 0 spiro atoms. The fourth-order valence-corrected chi connectivity index (χ4v) is 3.63. The molecule has 1 aromatic rings. The van der Waals surface area contributed by atoms with Crippen molar-refractivity contribution in [2.24, 2.45) is 5.73 Å². The molecule has 3 aliphatic rings. The van der Waals surface area contributed by atoms with Crippen LogP contribution in [0.1, 0.15) is 38.2 Å². The summed E-state index contributed by atoms with van der Waals surface area (Å²) in [5.41, 5.74) is 8.37. The Hall–Kier alpha value is -1.06. The predicted octanol–water partition coefficient (Wildman–Crippen LogP) is 2.82. The van der Waals surface area contributed by atoms with Gasteiger partial charge in [0.25, 0.3) is 0 Å². The van der Waals surface area contributed by atoms with Gasteiger partial charge in [-0.25, -0.2) is 0 Å². The molecule has 3 aliphatic carbocycles.